The summed E-state index contributed by atoms with van der Waals surface area (Å²) in [5.41, 5.74) is 0. The van der Waals surface area contributed by atoms with E-state index >= 15 is 0 Å². The summed E-state index contributed by atoms with van der Waals surface area (Å²) < 4.78 is 4.72. The summed E-state index contributed by atoms with van der Waals surface area (Å²) >= 11 is 0. The molecular weight excluding hydrogens is 274 g/mol. The molecule has 2 aliphatic rings. The van der Waals surface area contributed by atoms with Gasteiger partial charge in [0.15, 0.2) is 0 Å². The van der Waals surface area contributed by atoms with Crippen LogP contribution >= 0.6 is 0 Å². The van der Waals surface area contributed by atoms with Crippen LogP contribution in [0.25, 0.3) is 0 Å². The lowest BCUT2D eigenvalue weighted by Gasteiger charge is -2.38. The molecule has 2 saturated heterocycles. The first kappa shape index (κ1) is 15.6. The monoisotopic (exact) mass is 297 g/mol. The van der Waals surface area contributed by atoms with E-state index in [1.807, 2.05) is 4.90 Å². The number of amides is 3. The normalized spacial score (nSPS) is 23.0. The Morgan fingerprint density at radius 1 is 0.952 bits per heavy atom. The van der Waals surface area contributed by atoms with Crippen LogP contribution < -0.4 is 0 Å². The van der Waals surface area contributed by atoms with E-state index in [0.29, 0.717) is 39.3 Å². The number of hydrogen-bond acceptors (Lipinski definition) is 4. The first-order valence-electron chi connectivity index (χ1n) is 7.40. The van der Waals surface area contributed by atoms with Gasteiger partial charge < -0.3 is 19.4 Å². The van der Waals surface area contributed by atoms with Gasteiger partial charge in [-0.1, -0.05) is 0 Å². The number of ether oxygens (including phenoxy) is 1. The molecule has 2 fully saturated rings. The van der Waals surface area contributed by atoms with Crippen LogP contribution in [0.4, 0.5) is 4.79 Å². The fraction of sp³-hybridized carbons (Fsp3) is 0.786. The average Bonchev–Trinajstić information content (AvgIpc) is 2.53. The third-order valence-electron chi connectivity index (χ3n) is 4.24. The number of nitrogens with zero attached hydrogens (tertiary/aromatic N) is 3. The average molecular weight is 297 g/mol. The number of methoxy groups -OCH3 is 1. The van der Waals surface area contributed by atoms with E-state index in [4.69, 9.17) is 4.74 Å². The van der Waals surface area contributed by atoms with Gasteiger partial charge >= 0.3 is 6.09 Å². The van der Waals surface area contributed by atoms with Crippen LogP contribution in [0.3, 0.4) is 0 Å². The van der Waals surface area contributed by atoms with E-state index < -0.39 is 0 Å². The van der Waals surface area contributed by atoms with E-state index in [2.05, 4.69) is 0 Å². The molecule has 3 amide bonds. The maximum Gasteiger partial charge on any atom is 0.409 e. The standard InChI is InChI=1S/C14H23N3O4/c1-11(18)15-6-8-16(9-7-15)13(19)12-4-3-5-17(10-12)14(20)21-2/h12H,3-10H2,1-2H3. The van der Waals surface area contributed by atoms with Crippen LogP contribution in [0.5, 0.6) is 0 Å². The predicted octanol–water partition coefficient (Wildman–Crippen LogP) is 0.156. The number of hydrogen-bond donors (Lipinski definition) is 0. The van der Waals surface area contributed by atoms with Gasteiger partial charge in [-0.3, -0.25) is 9.59 Å². The van der Waals surface area contributed by atoms with Crippen LogP contribution in [0.2, 0.25) is 0 Å². The van der Waals surface area contributed by atoms with Gasteiger partial charge in [-0.15, -0.1) is 0 Å². The van der Waals surface area contributed by atoms with Crippen molar-refractivity contribution in [3.63, 3.8) is 0 Å². The van der Waals surface area contributed by atoms with Gasteiger partial charge in [-0.25, -0.2) is 4.79 Å². The minimum Gasteiger partial charge on any atom is -0.453 e. The maximum absolute atomic E-state index is 12.5. The molecule has 21 heavy (non-hydrogen) atoms. The number of piperidine rings is 1. The number of piperazine rings is 1. The van der Waals surface area contributed by atoms with Crippen LogP contribution in [-0.4, -0.2) is 79.0 Å². The molecule has 0 bridgehead atoms. The van der Waals surface area contributed by atoms with Gasteiger partial charge in [0.1, 0.15) is 0 Å². The molecule has 1 unspecified atom stereocenters. The number of likely N-dealkylation sites (tertiary alicyclic amines) is 1. The lowest BCUT2D eigenvalue weighted by molar-refractivity contribution is -0.142. The molecule has 2 rings (SSSR count). The van der Waals surface area contributed by atoms with Gasteiger partial charge in [-0.05, 0) is 12.8 Å². The van der Waals surface area contributed by atoms with Crippen molar-refractivity contribution in [1.82, 2.24) is 14.7 Å². The van der Waals surface area contributed by atoms with E-state index in [1.165, 1.54) is 7.11 Å². The van der Waals surface area contributed by atoms with Gasteiger partial charge in [-0.2, -0.15) is 0 Å². The zero-order valence-electron chi connectivity index (χ0n) is 12.7. The van der Waals surface area contributed by atoms with Crippen molar-refractivity contribution in [3.8, 4) is 0 Å². The third-order valence-corrected chi connectivity index (χ3v) is 4.24. The largest absolute Gasteiger partial charge is 0.453 e. The smallest absolute Gasteiger partial charge is 0.409 e. The second kappa shape index (κ2) is 6.78. The van der Waals surface area contributed by atoms with Crippen molar-refractivity contribution in [2.45, 2.75) is 19.8 Å². The van der Waals surface area contributed by atoms with Crippen molar-refractivity contribution in [2.75, 3.05) is 46.4 Å². The second-order valence-electron chi connectivity index (χ2n) is 5.59. The number of carbonyl (C=O) groups excluding carboxylic acids is 3. The van der Waals surface area contributed by atoms with Crippen LogP contribution in [-0.2, 0) is 14.3 Å². The second-order valence-corrected chi connectivity index (χ2v) is 5.59. The SMILES string of the molecule is COC(=O)N1CCCC(C(=O)N2CCN(C(C)=O)CC2)C1. The molecule has 0 aliphatic carbocycles. The molecule has 7 heteroatoms. The number of rotatable bonds is 1. The Labute approximate surface area is 124 Å². The molecule has 118 valence electrons. The minimum atomic E-state index is -0.367. The Bertz CT molecular complexity index is 418. The highest BCUT2D eigenvalue weighted by molar-refractivity contribution is 5.80. The van der Waals surface area contributed by atoms with Crippen LogP contribution in [0.1, 0.15) is 19.8 Å². The van der Waals surface area contributed by atoms with Crippen molar-refractivity contribution in [2.24, 2.45) is 5.92 Å². The highest BCUT2D eigenvalue weighted by Gasteiger charge is 2.33. The quantitative estimate of drug-likeness (QED) is 0.691. The first-order chi connectivity index (χ1) is 10.0. The molecule has 0 aromatic carbocycles. The molecule has 0 radical (unpaired) electrons. The molecule has 2 heterocycles. The Morgan fingerprint density at radius 2 is 1.57 bits per heavy atom. The van der Waals surface area contributed by atoms with E-state index in [9.17, 15) is 14.4 Å². The summed E-state index contributed by atoms with van der Waals surface area (Å²) in [5, 5.41) is 0. The van der Waals surface area contributed by atoms with Crippen molar-refractivity contribution in [1.29, 1.82) is 0 Å². The summed E-state index contributed by atoms with van der Waals surface area (Å²) in [5.74, 6) is -0.00911. The predicted molar refractivity (Wildman–Crippen MR) is 75.5 cm³/mol. The lowest BCUT2D eigenvalue weighted by atomic mass is 9.96. The Balaban J connectivity index is 1.88. The first-order valence-corrected chi connectivity index (χ1v) is 7.40. The summed E-state index contributed by atoms with van der Waals surface area (Å²) in [4.78, 5) is 40.5. The number of carbonyl (C=O) groups is 3. The third kappa shape index (κ3) is 3.65. The highest BCUT2D eigenvalue weighted by Crippen LogP contribution is 2.20. The fourth-order valence-corrected chi connectivity index (χ4v) is 2.97. The summed E-state index contributed by atoms with van der Waals surface area (Å²) in [6.45, 7) is 4.96. The van der Waals surface area contributed by atoms with Crippen molar-refractivity contribution < 1.29 is 19.1 Å². The topological polar surface area (TPSA) is 70.2 Å². The van der Waals surface area contributed by atoms with Crippen LogP contribution in [0.15, 0.2) is 0 Å². The Kier molecular flexibility index (Phi) is 5.03. The Morgan fingerprint density at radius 3 is 2.14 bits per heavy atom. The minimum absolute atomic E-state index is 0.0524. The molecule has 2 aliphatic heterocycles. The van der Waals surface area contributed by atoms with Crippen molar-refractivity contribution >= 4 is 17.9 Å². The molecular formula is C14H23N3O4. The zero-order chi connectivity index (χ0) is 15.4. The van der Waals surface area contributed by atoms with E-state index in [0.717, 1.165) is 12.8 Å². The summed E-state index contributed by atoms with van der Waals surface area (Å²) in [7, 11) is 1.36. The summed E-state index contributed by atoms with van der Waals surface area (Å²) in [6, 6.07) is 0. The molecule has 0 saturated carbocycles. The van der Waals surface area contributed by atoms with Gasteiger partial charge in [0.25, 0.3) is 0 Å². The molecule has 0 aromatic heterocycles. The molecule has 0 aromatic rings. The van der Waals surface area contributed by atoms with E-state index in [-0.39, 0.29) is 23.8 Å². The zero-order valence-corrected chi connectivity index (χ0v) is 12.7. The Hall–Kier alpha value is -1.79. The van der Waals surface area contributed by atoms with Gasteiger partial charge in [0.2, 0.25) is 11.8 Å². The summed E-state index contributed by atoms with van der Waals surface area (Å²) in [6.07, 6.45) is 1.26. The van der Waals surface area contributed by atoms with Crippen LogP contribution in [0, 0.1) is 5.92 Å². The molecule has 1 atom stereocenters. The molecule has 0 spiro atoms. The fourth-order valence-electron chi connectivity index (χ4n) is 2.97. The maximum atomic E-state index is 12.5. The van der Waals surface area contributed by atoms with Crippen molar-refractivity contribution in [3.05, 3.63) is 0 Å². The molecule has 7 nitrogen and oxygen atoms in total. The van der Waals surface area contributed by atoms with E-state index in [1.54, 1.807) is 16.7 Å². The molecule has 0 N–H and O–H groups in total. The van der Waals surface area contributed by atoms with Gasteiger partial charge in [0.05, 0.1) is 13.0 Å². The highest BCUT2D eigenvalue weighted by atomic mass is 16.5. The van der Waals surface area contributed by atoms with Gasteiger partial charge in [0, 0.05) is 46.2 Å². The lowest BCUT2D eigenvalue weighted by Crippen LogP contribution is -2.53.